The normalized spacial score (nSPS) is 24.7. The molecule has 3 unspecified atom stereocenters. The van der Waals surface area contributed by atoms with Gasteiger partial charge in [0.05, 0.1) is 18.4 Å². The number of carbonyl (C=O) groups excluding carboxylic acids is 1. The lowest BCUT2D eigenvalue weighted by molar-refractivity contribution is 0.0395. The number of hydrazine groups is 2. The molecule has 2 aromatic rings. The molecule has 2 fully saturated rings. The van der Waals surface area contributed by atoms with Crippen LogP contribution in [-0.4, -0.2) is 29.6 Å². The van der Waals surface area contributed by atoms with Crippen LogP contribution in [0.1, 0.15) is 29.6 Å². The first-order valence-corrected chi connectivity index (χ1v) is 8.89. The van der Waals surface area contributed by atoms with Crippen LogP contribution in [-0.2, 0) is 4.74 Å². The lowest BCUT2D eigenvalue weighted by atomic mass is 9.83. The maximum absolute atomic E-state index is 12.3. The standard InChI is InChI=1S/C19H22N4O3/c24-19(25-12-13-3-8-17-18(10-13)22-23-21-17)14-4-6-15(7-5-14)26-16-2-1-9-20-11-16/h1-2,4-7,9,11,13,17-18,21-23H,3,8,10,12H2. The maximum atomic E-state index is 12.3. The summed E-state index contributed by atoms with van der Waals surface area (Å²) in [6.45, 7) is 0.456. The van der Waals surface area contributed by atoms with Crippen molar-refractivity contribution < 1.29 is 14.3 Å². The van der Waals surface area contributed by atoms with Crippen molar-refractivity contribution in [1.29, 1.82) is 0 Å². The van der Waals surface area contributed by atoms with Gasteiger partial charge in [0, 0.05) is 18.3 Å². The topological polar surface area (TPSA) is 84.5 Å². The smallest absolute Gasteiger partial charge is 0.338 e. The van der Waals surface area contributed by atoms with Crippen molar-refractivity contribution in [2.24, 2.45) is 5.92 Å². The third kappa shape index (κ3) is 4.01. The molecule has 2 heterocycles. The number of hydrogen-bond acceptors (Lipinski definition) is 7. The van der Waals surface area contributed by atoms with Crippen molar-refractivity contribution in [2.75, 3.05) is 6.61 Å². The van der Waals surface area contributed by atoms with Crippen molar-refractivity contribution in [3.8, 4) is 11.5 Å². The van der Waals surface area contributed by atoms with E-state index in [1.807, 2.05) is 12.1 Å². The molecule has 7 heteroatoms. The molecule has 0 spiro atoms. The minimum absolute atomic E-state index is 0.296. The third-order valence-electron chi connectivity index (χ3n) is 4.88. The summed E-state index contributed by atoms with van der Waals surface area (Å²) in [7, 11) is 0. The molecule has 1 aliphatic heterocycles. The summed E-state index contributed by atoms with van der Waals surface area (Å²) in [5.74, 6) is 1.40. The number of aromatic nitrogens is 1. The quantitative estimate of drug-likeness (QED) is 0.710. The van der Waals surface area contributed by atoms with Crippen molar-refractivity contribution in [3.63, 3.8) is 0 Å². The molecule has 3 atom stereocenters. The van der Waals surface area contributed by atoms with Gasteiger partial charge in [0.2, 0.25) is 0 Å². The van der Waals surface area contributed by atoms with Crippen LogP contribution < -0.4 is 21.1 Å². The summed E-state index contributed by atoms with van der Waals surface area (Å²) in [5.41, 5.74) is 9.92. The Morgan fingerprint density at radius 3 is 2.73 bits per heavy atom. The van der Waals surface area contributed by atoms with Gasteiger partial charge in [-0.05, 0) is 61.6 Å². The lowest BCUT2D eigenvalue weighted by Crippen LogP contribution is -2.40. The minimum atomic E-state index is -0.296. The van der Waals surface area contributed by atoms with E-state index >= 15 is 0 Å². The van der Waals surface area contributed by atoms with E-state index in [0.29, 0.717) is 41.7 Å². The van der Waals surface area contributed by atoms with Gasteiger partial charge in [0.25, 0.3) is 0 Å². The first kappa shape index (κ1) is 17.0. The Bertz CT molecular complexity index is 738. The first-order chi connectivity index (χ1) is 12.8. The number of pyridine rings is 1. The number of benzene rings is 1. The molecule has 1 saturated heterocycles. The third-order valence-corrected chi connectivity index (χ3v) is 4.88. The Morgan fingerprint density at radius 2 is 1.92 bits per heavy atom. The molecule has 26 heavy (non-hydrogen) atoms. The molecule has 0 radical (unpaired) electrons. The highest BCUT2D eigenvalue weighted by molar-refractivity contribution is 5.89. The van der Waals surface area contributed by atoms with E-state index in [1.165, 1.54) is 0 Å². The van der Waals surface area contributed by atoms with E-state index in [4.69, 9.17) is 9.47 Å². The van der Waals surface area contributed by atoms with Crippen molar-refractivity contribution in [3.05, 3.63) is 54.4 Å². The predicted molar refractivity (Wildman–Crippen MR) is 95.4 cm³/mol. The Morgan fingerprint density at radius 1 is 1.08 bits per heavy atom. The second-order valence-corrected chi connectivity index (χ2v) is 6.72. The second-order valence-electron chi connectivity index (χ2n) is 6.72. The fraction of sp³-hybridized carbons (Fsp3) is 0.368. The Labute approximate surface area is 152 Å². The SMILES string of the molecule is O=C(OCC1CCC2NNNC2C1)c1ccc(Oc2cccnc2)cc1. The average molecular weight is 354 g/mol. The number of esters is 1. The number of rotatable bonds is 5. The van der Waals surface area contributed by atoms with Crippen LogP contribution in [0.2, 0.25) is 0 Å². The number of nitrogens with one attached hydrogen (secondary N) is 3. The number of fused-ring (bicyclic) bond motifs is 1. The summed E-state index contributed by atoms with van der Waals surface area (Å²) in [6, 6.07) is 11.5. The van der Waals surface area contributed by atoms with Crippen LogP contribution in [0.5, 0.6) is 11.5 Å². The molecule has 7 nitrogen and oxygen atoms in total. The van der Waals surface area contributed by atoms with E-state index in [1.54, 1.807) is 36.7 Å². The van der Waals surface area contributed by atoms with Gasteiger partial charge in [-0.25, -0.2) is 15.6 Å². The molecule has 3 N–H and O–H groups in total. The van der Waals surface area contributed by atoms with Crippen LogP contribution in [0.3, 0.4) is 0 Å². The molecule has 1 aromatic heterocycles. The highest BCUT2D eigenvalue weighted by atomic mass is 16.5. The van der Waals surface area contributed by atoms with Crippen LogP contribution in [0.4, 0.5) is 0 Å². The van der Waals surface area contributed by atoms with Gasteiger partial charge in [-0.1, -0.05) is 0 Å². The van der Waals surface area contributed by atoms with Gasteiger partial charge in [0.1, 0.15) is 11.5 Å². The fourth-order valence-electron chi connectivity index (χ4n) is 3.45. The van der Waals surface area contributed by atoms with Gasteiger partial charge >= 0.3 is 5.97 Å². The minimum Gasteiger partial charge on any atom is -0.462 e. The molecule has 1 saturated carbocycles. The van der Waals surface area contributed by atoms with E-state index < -0.39 is 0 Å². The molecule has 2 aliphatic rings. The maximum Gasteiger partial charge on any atom is 0.338 e. The molecule has 136 valence electrons. The first-order valence-electron chi connectivity index (χ1n) is 8.89. The molecular formula is C19H22N4O3. The van der Waals surface area contributed by atoms with Crippen LogP contribution >= 0.6 is 0 Å². The summed E-state index contributed by atoms with van der Waals surface area (Å²) < 4.78 is 11.2. The Hall–Kier alpha value is -2.48. The van der Waals surface area contributed by atoms with Gasteiger partial charge in [-0.3, -0.25) is 4.98 Å². The summed E-state index contributed by atoms with van der Waals surface area (Å²) in [5, 5.41) is 0. The van der Waals surface area contributed by atoms with Crippen molar-refractivity contribution in [1.82, 2.24) is 21.4 Å². The van der Waals surface area contributed by atoms with Crippen LogP contribution in [0, 0.1) is 5.92 Å². The average Bonchev–Trinajstić information content (AvgIpc) is 3.15. The van der Waals surface area contributed by atoms with Crippen LogP contribution in [0.25, 0.3) is 0 Å². The summed E-state index contributed by atoms with van der Waals surface area (Å²) in [6.07, 6.45) is 6.46. The highest BCUT2D eigenvalue weighted by Crippen LogP contribution is 2.26. The fourth-order valence-corrected chi connectivity index (χ4v) is 3.45. The molecule has 0 amide bonds. The van der Waals surface area contributed by atoms with Gasteiger partial charge in [-0.2, -0.15) is 5.53 Å². The lowest BCUT2D eigenvalue weighted by Gasteiger charge is -2.29. The number of carbonyl (C=O) groups is 1. The van der Waals surface area contributed by atoms with E-state index in [2.05, 4.69) is 21.4 Å². The Balaban J connectivity index is 1.28. The van der Waals surface area contributed by atoms with E-state index in [9.17, 15) is 4.79 Å². The van der Waals surface area contributed by atoms with Gasteiger partial charge in [0.15, 0.2) is 0 Å². The monoisotopic (exact) mass is 354 g/mol. The van der Waals surface area contributed by atoms with Crippen molar-refractivity contribution in [2.45, 2.75) is 31.3 Å². The highest BCUT2D eigenvalue weighted by Gasteiger charge is 2.34. The molecular weight excluding hydrogens is 332 g/mol. The zero-order valence-electron chi connectivity index (χ0n) is 14.4. The zero-order chi connectivity index (χ0) is 17.8. The summed E-state index contributed by atoms with van der Waals surface area (Å²) >= 11 is 0. The zero-order valence-corrected chi connectivity index (χ0v) is 14.4. The van der Waals surface area contributed by atoms with Crippen LogP contribution in [0.15, 0.2) is 48.8 Å². The van der Waals surface area contributed by atoms with Gasteiger partial charge in [-0.15, -0.1) is 0 Å². The van der Waals surface area contributed by atoms with E-state index in [0.717, 1.165) is 19.3 Å². The molecule has 1 aliphatic carbocycles. The number of ether oxygens (including phenoxy) is 2. The van der Waals surface area contributed by atoms with E-state index in [-0.39, 0.29) is 5.97 Å². The number of nitrogens with zero attached hydrogens (tertiary/aromatic N) is 1. The van der Waals surface area contributed by atoms with Crippen molar-refractivity contribution >= 4 is 5.97 Å². The number of hydrogen-bond donors (Lipinski definition) is 3. The summed E-state index contributed by atoms with van der Waals surface area (Å²) in [4.78, 5) is 16.3. The molecule has 0 bridgehead atoms. The second kappa shape index (κ2) is 7.82. The molecule has 1 aromatic carbocycles. The largest absolute Gasteiger partial charge is 0.462 e. The molecule has 4 rings (SSSR count). The Kier molecular flexibility index (Phi) is 5.10. The van der Waals surface area contributed by atoms with Gasteiger partial charge < -0.3 is 9.47 Å². The predicted octanol–water partition coefficient (Wildman–Crippen LogP) is 2.18.